The molecule has 1 atom stereocenters. The first kappa shape index (κ1) is 22.1. The lowest BCUT2D eigenvalue weighted by Crippen LogP contribution is -2.49. The van der Waals surface area contributed by atoms with Crippen LogP contribution in [0.5, 0.6) is 5.75 Å². The molecular weight excluding hydrogens is 388 g/mol. The highest BCUT2D eigenvalue weighted by molar-refractivity contribution is 5.85. The third-order valence-corrected chi connectivity index (χ3v) is 4.44. The van der Waals surface area contributed by atoms with Crippen molar-refractivity contribution in [1.82, 2.24) is 15.5 Å². The summed E-state index contributed by atoms with van der Waals surface area (Å²) in [7, 11) is 0. The molecule has 0 bridgehead atoms. The molecule has 0 aliphatic carbocycles. The van der Waals surface area contributed by atoms with E-state index < -0.39 is 0 Å². The largest absolute Gasteiger partial charge is 0.492 e. The minimum Gasteiger partial charge on any atom is -0.492 e. The molecule has 1 unspecified atom stereocenters. The first-order valence-corrected chi connectivity index (χ1v) is 8.97. The smallest absolute Gasteiger partial charge is 0.234 e. The Morgan fingerprint density at radius 2 is 1.96 bits per heavy atom. The minimum atomic E-state index is -0.320. The lowest BCUT2D eigenvalue weighted by molar-refractivity contribution is -0.123. The Balaban J connectivity index is 0.00000280. The van der Waals surface area contributed by atoms with Gasteiger partial charge in [0.1, 0.15) is 24.0 Å². The monoisotopic (exact) mass is 411 g/mol. The maximum absolute atomic E-state index is 13.5. The van der Waals surface area contributed by atoms with Crippen molar-refractivity contribution >= 4 is 18.3 Å². The van der Waals surface area contributed by atoms with E-state index in [1.807, 2.05) is 11.0 Å². The van der Waals surface area contributed by atoms with E-state index in [2.05, 4.69) is 10.6 Å². The molecule has 0 radical (unpaired) electrons. The molecular formula is C20H24ClF2N3O2. The highest BCUT2D eigenvalue weighted by atomic mass is 35.5. The van der Waals surface area contributed by atoms with Crippen LogP contribution in [-0.4, -0.2) is 50.1 Å². The molecule has 0 aromatic heterocycles. The lowest BCUT2D eigenvalue weighted by atomic mass is 10.0. The number of carbonyl (C=O) groups is 1. The topological polar surface area (TPSA) is 53.6 Å². The third kappa shape index (κ3) is 6.44. The van der Waals surface area contributed by atoms with Crippen molar-refractivity contribution in [1.29, 1.82) is 0 Å². The van der Waals surface area contributed by atoms with Gasteiger partial charge in [0.05, 0.1) is 13.1 Å². The van der Waals surface area contributed by atoms with Crippen LogP contribution in [-0.2, 0) is 4.79 Å². The van der Waals surface area contributed by atoms with Crippen molar-refractivity contribution in [3.05, 3.63) is 65.7 Å². The highest BCUT2D eigenvalue weighted by Gasteiger charge is 2.25. The van der Waals surface area contributed by atoms with E-state index in [4.69, 9.17) is 4.74 Å². The number of piperazine rings is 1. The number of carbonyl (C=O) groups excluding carboxylic acids is 1. The zero-order valence-corrected chi connectivity index (χ0v) is 16.2. The average Bonchev–Trinajstić information content (AvgIpc) is 2.67. The van der Waals surface area contributed by atoms with Crippen LogP contribution in [0.3, 0.4) is 0 Å². The van der Waals surface area contributed by atoms with Crippen molar-refractivity contribution in [3.63, 3.8) is 0 Å². The van der Waals surface area contributed by atoms with Crippen molar-refractivity contribution < 1.29 is 18.3 Å². The van der Waals surface area contributed by atoms with Crippen LogP contribution >= 0.6 is 12.4 Å². The Labute approximate surface area is 169 Å². The minimum absolute atomic E-state index is 0. The molecule has 1 heterocycles. The Morgan fingerprint density at radius 3 is 2.71 bits per heavy atom. The van der Waals surface area contributed by atoms with Crippen LogP contribution in [0.15, 0.2) is 48.5 Å². The van der Waals surface area contributed by atoms with E-state index in [9.17, 15) is 13.6 Å². The van der Waals surface area contributed by atoms with Crippen LogP contribution in [0.1, 0.15) is 11.6 Å². The van der Waals surface area contributed by atoms with Gasteiger partial charge in [0.15, 0.2) is 0 Å². The van der Waals surface area contributed by atoms with Gasteiger partial charge in [0, 0.05) is 25.7 Å². The predicted octanol–water partition coefficient (Wildman–Crippen LogP) is 2.53. The van der Waals surface area contributed by atoms with Crippen molar-refractivity contribution in [2.45, 2.75) is 6.04 Å². The van der Waals surface area contributed by atoms with Gasteiger partial charge in [0.25, 0.3) is 0 Å². The van der Waals surface area contributed by atoms with Gasteiger partial charge in [-0.1, -0.05) is 12.1 Å². The number of amides is 1. The van der Waals surface area contributed by atoms with E-state index in [-0.39, 0.29) is 42.5 Å². The Kier molecular flexibility index (Phi) is 8.63. The Bertz CT molecular complexity index is 761. The molecule has 3 rings (SSSR count). The molecule has 28 heavy (non-hydrogen) atoms. The molecule has 1 amide bonds. The molecule has 2 N–H and O–H groups in total. The molecule has 152 valence electrons. The summed E-state index contributed by atoms with van der Waals surface area (Å²) >= 11 is 0. The fourth-order valence-electron chi connectivity index (χ4n) is 3.11. The molecule has 8 heteroatoms. The first-order valence-electron chi connectivity index (χ1n) is 8.97. The van der Waals surface area contributed by atoms with E-state index in [1.165, 1.54) is 24.3 Å². The molecule has 2 aromatic rings. The fraction of sp³-hybridized carbons (Fsp3) is 0.350. The van der Waals surface area contributed by atoms with Crippen LogP contribution in [0, 0.1) is 11.6 Å². The van der Waals surface area contributed by atoms with Gasteiger partial charge >= 0.3 is 0 Å². The van der Waals surface area contributed by atoms with E-state index >= 15 is 0 Å². The summed E-state index contributed by atoms with van der Waals surface area (Å²) in [6, 6.07) is 12.2. The quantitative estimate of drug-likeness (QED) is 0.687. The highest BCUT2D eigenvalue weighted by Crippen LogP contribution is 2.22. The maximum Gasteiger partial charge on any atom is 0.234 e. The van der Waals surface area contributed by atoms with Gasteiger partial charge in [-0.25, -0.2) is 8.78 Å². The number of rotatable bonds is 7. The van der Waals surface area contributed by atoms with Gasteiger partial charge in [-0.3, -0.25) is 9.69 Å². The second-order valence-corrected chi connectivity index (χ2v) is 6.40. The molecule has 1 fully saturated rings. The van der Waals surface area contributed by atoms with Crippen LogP contribution in [0.2, 0.25) is 0 Å². The predicted molar refractivity (Wildman–Crippen MR) is 106 cm³/mol. The summed E-state index contributed by atoms with van der Waals surface area (Å²) in [5.74, 6) is -0.153. The second-order valence-electron chi connectivity index (χ2n) is 6.40. The normalized spacial score (nSPS) is 16.9. The molecule has 2 aromatic carbocycles. The molecule has 1 saturated heterocycles. The van der Waals surface area contributed by atoms with E-state index in [0.29, 0.717) is 32.0 Å². The molecule has 1 aliphatic rings. The summed E-state index contributed by atoms with van der Waals surface area (Å²) in [5.41, 5.74) is 0.856. The number of nitrogens with one attached hydrogen (secondary N) is 2. The van der Waals surface area contributed by atoms with Crippen LogP contribution in [0.4, 0.5) is 8.78 Å². The summed E-state index contributed by atoms with van der Waals surface area (Å²) in [6.45, 7) is 3.05. The van der Waals surface area contributed by atoms with Gasteiger partial charge in [-0.2, -0.15) is 0 Å². The van der Waals surface area contributed by atoms with E-state index in [1.54, 1.807) is 18.2 Å². The van der Waals surface area contributed by atoms with Gasteiger partial charge in [0.2, 0.25) is 5.91 Å². The molecule has 1 aliphatic heterocycles. The lowest BCUT2D eigenvalue weighted by Gasteiger charge is -2.36. The molecule has 5 nitrogen and oxygen atoms in total. The summed E-state index contributed by atoms with van der Waals surface area (Å²) in [4.78, 5) is 14.3. The Hall–Kier alpha value is -2.22. The van der Waals surface area contributed by atoms with Crippen LogP contribution < -0.4 is 15.4 Å². The number of halogens is 3. The van der Waals surface area contributed by atoms with E-state index in [0.717, 1.165) is 12.1 Å². The summed E-state index contributed by atoms with van der Waals surface area (Å²) < 4.78 is 31.8. The van der Waals surface area contributed by atoms with Gasteiger partial charge < -0.3 is 15.4 Å². The molecule has 0 spiro atoms. The Morgan fingerprint density at radius 1 is 1.18 bits per heavy atom. The number of benzene rings is 2. The zero-order chi connectivity index (χ0) is 19.1. The third-order valence-electron chi connectivity index (χ3n) is 4.44. The first-order chi connectivity index (χ1) is 13.1. The number of hydrogen-bond acceptors (Lipinski definition) is 4. The summed E-state index contributed by atoms with van der Waals surface area (Å²) in [6.07, 6.45) is 0. The maximum atomic E-state index is 13.5. The number of hydrogen-bond donors (Lipinski definition) is 2. The standard InChI is InChI=1S/C20H23F2N3O2.ClH/c21-16-4-6-18(7-5-16)27-11-9-24-20(26)14-25-10-8-23-13-19(25)15-2-1-3-17(22)12-15;/h1-7,12,19,23H,8-11,13-14H2,(H,24,26);1H. The van der Waals surface area contributed by atoms with Gasteiger partial charge in [-0.15, -0.1) is 12.4 Å². The van der Waals surface area contributed by atoms with Crippen LogP contribution in [0.25, 0.3) is 0 Å². The SMILES string of the molecule is Cl.O=C(CN1CCNCC1c1cccc(F)c1)NCCOc1ccc(F)cc1. The number of ether oxygens (including phenoxy) is 1. The fourth-order valence-corrected chi connectivity index (χ4v) is 3.11. The zero-order valence-electron chi connectivity index (χ0n) is 15.4. The second kappa shape index (κ2) is 10.9. The number of nitrogens with zero attached hydrogens (tertiary/aromatic N) is 1. The van der Waals surface area contributed by atoms with Crippen molar-refractivity contribution in [2.24, 2.45) is 0 Å². The van der Waals surface area contributed by atoms with Gasteiger partial charge in [-0.05, 0) is 42.0 Å². The van der Waals surface area contributed by atoms with Crippen molar-refractivity contribution in [3.8, 4) is 5.75 Å². The average molecular weight is 412 g/mol. The van der Waals surface area contributed by atoms with Crippen molar-refractivity contribution in [2.75, 3.05) is 39.3 Å². The molecule has 0 saturated carbocycles. The summed E-state index contributed by atoms with van der Waals surface area (Å²) in [5, 5.41) is 6.11.